The van der Waals surface area contributed by atoms with Gasteiger partial charge >= 0.3 is 12.1 Å². The first-order valence-corrected chi connectivity index (χ1v) is 12.5. The van der Waals surface area contributed by atoms with Gasteiger partial charge in [-0.3, -0.25) is 14.7 Å². The van der Waals surface area contributed by atoms with E-state index >= 15 is 0 Å². The van der Waals surface area contributed by atoms with Crippen LogP contribution in [0, 0.1) is 0 Å². The van der Waals surface area contributed by atoms with Crippen molar-refractivity contribution < 1.29 is 38.7 Å². The molecule has 4 rings (SSSR count). The summed E-state index contributed by atoms with van der Waals surface area (Å²) in [6, 6.07) is -0.781. The lowest BCUT2D eigenvalue weighted by Gasteiger charge is -2.47. The molecule has 4 aliphatic rings. The van der Waals surface area contributed by atoms with Crippen molar-refractivity contribution in [2.75, 3.05) is 27.3 Å². The molecule has 3 aliphatic heterocycles. The number of rotatable bonds is 8. The predicted octanol–water partition coefficient (Wildman–Crippen LogP) is 0.0973. The van der Waals surface area contributed by atoms with E-state index in [1.54, 1.807) is 30.9 Å². The predicted molar refractivity (Wildman–Crippen MR) is 131 cm³/mol. The van der Waals surface area contributed by atoms with Crippen molar-refractivity contribution >= 4 is 24.3 Å². The standard InChI is InChI=1S/C24H37N5O8/c1-23(10-9-15-20(25)26-13-27-29(15)23)24(2)19(31)18(30)17(37-24)12-35-22(33)34-11-16(28(3)4)21(32)36-14-7-5-6-8-14/h9,13-14,16-19,30-31H,5-8,10-12H2,1-4H3,(H2,25,26,27)/t16-,17+,18+,19+,23?,24+/m0/s1. The number of carbonyl (C=O) groups excluding carboxylic acids is 2. The molecule has 1 saturated carbocycles. The number of nitrogens with zero attached hydrogens (tertiary/aromatic N) is 4. The van der Waals surface area contributed by atoms with Crippen molar-refractivity contribution in [2.45, 2.75) is 87.5 Å². The second kappa shape index (κ2) is 10.6. The average Bonchev–Trinajstić information content (AvgIpc) is 3.54. The smallest absolute Gasteiger partial charge is 0.461 e. The number of fused-ring (bicyclic) bond motifs is 1. The molecule has 0 radical (unpaired) electrons. The molecular formula is C24H37N5O8. The fraction of sp³-hybridized carbons (Fsp3) is 0.750. The van der Waals surface area contributed by atoms with Crippen LogP contribution < -0.4 is 5.73 Å². The molecule has 1 unspecified atom stereocenters. The van der Waals surface area contributed by atoms with Crippen molar-refractivity contribution in [1.82, 2.24) is 9.91 Å². The van der Waals surface area contributed by atoms with Gasteiger partial charge in [0.2, 0.25) is 0 Å². The van der Waals surface area contributed by atoms with Crippen LogP contribution in [0.3, 0.4) is 0 Å². The molecule has 0 amide bonds. The summed E-state index contributed by atoms with van der Waals surface area (Å²) < 4.78 is 22.0. The lowest BCUT2D eigenvalue weighted by atomic mass is 9.76. The molecule has 13 heteroatoms. The number of nitrogens with two attached hydrogens (primary N) is 1. The van der Waals surface area contributed by atoms with Gasteiger partial charge < -0.3 is 34.9 Å². The number of aliphatic hydroxyl groups excluding tert-OH is 2. The molecule has 1 saturated heterocycles. The maximum absolute atomic E-state index is 12.5. The SMILES string of the molecule is CN(C)[C@@H](COC(=O)OC[C@H]1O[C@@](C)(C2(C)CC=C3C(N)=NC=NN32)[C@H](O)[C@@H]1O)C(=O)OC1CCCC1. The van der Waals surface area contributed by atoms with Gasteiger partial charge in [-0.1, -0.05) is 6.08 Å². The first-order chi connectivity index (χ1) is 17.5. The van der Waals surface area contributed by atoms with Crippen LogP contribution in [0.15, 0.2) is 21.9 Å². The van der Waals surface area contributed by atoms with E-state index in [2.05, 4.69) is 10.1 Å². The fourth-order valence-corrected chi connectivity index (χ4v) is 5.33. The van der Waals surface area contributed by atoms with Crippen LogP contribution in [-0.4, -0.2) is 113 Å². The van der Waals surface area contributed by atoms with Crippen LogP contribution in [0.25, 0.3) is 0 Å². The zero-order valence-electron chi connectivity index (χ0n) is 21.7. The van der Waals surface area contributed by atoms with Gasteiger partial charge in [-0.25, -0.2) is 9.79 Å². The van der Waals surface area contributed by atoms with E-state index in [0.717, 1.165) is 25.7 Å². The van der Waals surface area contributed by atoms with Crippen molar-refractivity contribution in [2.24, 2.45) is 15.8 Å². The number of hydrogen-bond acceptors (Lipinski definition) is 13. The number of likely N-dealkylation sites (N-methyl/N-ethyl adjacent to an activating group) is 1. The lowest BCUT2D eigenvalue weighted by Crippen LogP contribution is -2.63. The van der Waals surface area contributed by atoms with E-state index in [9.17, 15) is 19.8 Å². The van der Waals surface area contributed by atoms with E-state index in [4.69, 9.17) is 24.7 Å². The van der Waals surface area contributed by atoms with Gasteiger partial charge in [0.05, 0.1) is 11.2 Å². The Balaban J connectivity index is 1.31. The Labute approximate surface area is 215 Å². The Kier molecular flexibility index (Phi) is 7.79. The van der Waals surface area contributed by atoms with Gasteiger partial charge in [0.25, 0.3) is 0 Å². The molecule has 4 N–H and O–H groups in total. The molecule has 0 aromatic carbocycles. The van der Waals surface area contributed by atoms with Crippen molar-refractivity contribution in [3.8, 4) is 0 Å². The number of amidine groups is 1. The van der Waals surface area contributed by atoms with Crippen molar-refractivity contribution in [3.63, 3.8) is 0 Å². The van der Waals surface area contributed by atoms with Gasteiger partial charge in [-0.05, 0) is 60.0 Å². The van der Waals surface area contributed by atoms with Crippen LogP contribution >= 0.6 is 0 Å². The van der Waals surface area contributed by atoms with Crippen LogP contribution in [0.4, 0.5) is 4.79 Å². The van der Waals surface area contributed by atoms with E-state index < -0.39 is 47.6 Å². The van der Waals surface area contributed by atoms with E-state index in [-0.39, 0.29) is 19.3 Å². The third kappa shape index (κ3) is 5.05. The zero-order chi connectivity index (χ0) is 27.0. The Morgan fingerprint density at radius 2 is 1.97 bits per heavy atom. The second-order valence-corrected chi connectivity index (χ2v) is 10.5. The molecule has 6 atom stereocenters. The largest absolute Gasteiger partial charge is 0.508 e. The summed E-state index contributed by atoms with van der Waals surface area (Å²) in [5.74, 6) is -0.164. The Hall–Kier alpha value is -2.74. The van der Waals surface area contributed by atoms with Crippen molar-refractivity contribution in [3.05, 3.63) is 11.8 Å². The highest BCUT2D eigenvalue weighted by Gasteiger charge is 2.64. The molecule has 0 spiro atoms. The maximum Gasteiger partial charge on any atom is 0.508 e. The minimum Gasteiger partial charge on any atom is -0.461 e. The summed E-state index contributed by atoms with van der Waals surface area (Å²) in [4.78, 5) is 30.5. The van der Waals surface area contributed by atoms with Crippen LogP contribution in [0.2, 0.25) is 0 Å². The summed E-state index contributed by atoms with van der Waals surface area (Å²) in [6.07, 6.45) is 2.52. The molecule has 37 heavy (non-hydrogen) atoms. The summed E-state index contributed by atoms with van der Waals surface area (Å²) in [6.45, 7) is 2.89. The third-order valence-corrected chi connectivity index (χ3v) is 7.95. The number of ether oxygens (including phenoxy) is 4. The molecule has 0 aromatic rings. The highest BCUT2D eigenvalue weighted by molar-refractivity contribution is 6.02. The van der Waals surface area contributed by atoms with E-state index in [0.29, 0.717) is 18.0 Å². The van der Waals surface area contributed by atoms with Gasteiger partial charge in [-0.2, -0.15) is 5.10 Å². The summed E-state index contributed by atoms with van der Waals surface area (Å²) in [5, 5.41) is 27.6. The number of hydrogen-bond donors (Lipinski definition) is 3. The van der Waals surface area contributed by atoms with Gasteiger partial charge in [0, 0.05) is 0 Å². The Bertz CT molecular complexity index is 980. The highest BCUT2D eigenvalue weighted by atomic mass is 16.7. The zero-order valence-corrected chi connectivity index (χ0v) is 21.7. The summed E-state index contributed by atoms with van der Waals surface area (Å²) in [7, 11) is 3.38. The molecular weight excluding hydrogens is 486 g/mol. The van der Waals surface area contributed by atoms with Gasteiger partial charge in [0.1, 0.15) is 55.6 Å². The van der Waals surface area contributed by atoms with E-state index in [1.807, 2.05) is 13.0 Å². The molecule has 206 valence electrons. The average molecular weight is 524 g/mol. The normalized spacial score (nSPS) is 34.2. The quantitative estimate of drug-likeness (QED) is 0.369. The topological polar surface area (TPSA) is 169 Å². The lowest BCUT2D eigenvalue weighted by molar-refractivity contribution is -0.157. The molecule has 13 nitrogen and oxygen atoms in total. The second-order valence-electron chi connectivity index (χ2n) is 10.5. The number of aliphatic hydroxyl groups is 2. The first kappa shape index (κ1) is 27.3. The Morgan fingerprint density at radius 1 is 1.27 bits per heavy atom. The molecule has 0 bridgehead atoms. The maximum atomic E-state index is 12.5. The van der Waals surface area contributed by atoms with Crippen LogP contribution in [0.1, 0.15) is 46.0 Å². The van der Waals surface area contributed by atoms with Crippen LogP contribution in [-0.2, 0) is 23.7 Å². The Morgan fingerprint density at radius 3 is 2.65 bits per heavy atom. The van der Waals surface area contributed by atoms with Gasteiger partial charge in [0.15, 0.2) is 5.84 Å². The molecule has 2 fully saturated rings. The van der Waals surface area contributed by atoms with E-state index in [1.165, 1.54) is 6.34 Å². The minimum absolute atomic E-state index is 0.101. The number of hydrazone groups is 1. The fourth-order valence-electron chi connectivity index (χ4n) is 5.33. The number of carbonyl (C=O) groups is 2. The third-order valence-electron chi connectivity index (χ3n) is 7.95. The highest BCUT2D eigenvalue weighted by Crippen LogP contribution is 2.49. The minimum atomic E-state index is -1.34. The molecule has 1 aliphatic carbocycles. The number of esters is 1. The summed E-state index contributed by atoms with van der Waals surface area (Å²) in [5.41, 5.74) is 4.38. The van der Waals surface area contributed by atoms with Crippen molar-refractivity contribution in [1.29, 1.82) is 0 Å². The van der Waals surface area contributed by atoms with Gasteiger partial charge in [-0.15, -0.1) is 0 Å². The number of aliphatic imine (C=N–C) groups is 1. The molecule has 0 aromatic heterocycles. The summed E-state index contributed by atoms with van der Waals surface area (Å²) >= 11 is 0. The van der Waals surface area contributed by atoms with Crippen LogP contribution in [0.5, 0.6) is 0 Å². The monoisotopic (exact) mass is 523 g/mol. The first-order valence-electron chi connectivity index (χ1n) is 12.5. The molecule has 3 heterocycles.